The van der Waals surface area contributed by atoms with E-state index in [1.54, 1.807) is 0 Å². The highest BCUT2D eigenvalue weighted by Gasteiger charge is 2.23. The number of benzene rings is 1. The lowest BCUT2D eigenvalue weighted by molar-refractivity contribution is -0.130. The molecule has 1 saturated heterocycles. The van der Waals surface area contributed by atoms with Gasteiger partial charge in [0.05, 0.1) is 17.2 Å². The SMILES string of the molecule is CCc1ccccc1NC(=O)CN1CCN(C(=O)CSc2nnc(-c3cccs3)n2N)CC1. The number of carbonyl (C=O) groups excluding carboxylic acids is 2. The Morgan fingerprint density at radius 3 is 2.64 bits per heavy atom. The number of para-hydroxylation sites is 1. The summed E-state index contributed by atoms with van der Waals surface area (Å²) in [7, 11) is 0. The Balaban J connectivity index is 1.22. The molecule has 3 aromatic rings. The maximum absolute atomic E-state index is 12.7. The summed E-state index contributed by atoms with van der Waals surface area (Å²) in [6, 6.07) is 11.7. The fourth-order valence-corrected chi connectivity index (χ4v) is 5.13. The van der Waals surface area contributed by atoms with Crippen LogP contribution in [0.25, 0.3) is 10.7 Å². The minimum atomic E-state index is -0.0324. The van der Waals surface area contributed by atoms with Gasteiger partial charge in [-0.25, -0.2) is 4.68 Å². The topological polar surface area (TPSA) is 109 Å². The molecule has 3 N–H and O–H groups in total. The van der Waals surface area contributed by atoms with Gasteiger partial charge in [0, 0.05) is 31.9 Å². The number of anilines is 1. The van der Waals surface area contributed by atoms with Gasteiger partial charge < -0.3 is 16.1 Å². The second kappa shape index (κ2) is 10.8. The second-order valence-electron chi connectivity index (χ2n) is 7.66. The lowest BCUT2D eigenvalue weighted by Gasteiger charge is -2.34. The molecule has 1 aliphatic heterocycles. The largest absolute Gasteiger partial charge is 0.339 e. The Hall–Kier alpha value is -2.89. The van der Waals surface area contributed by atoms with E-state index in [1.807, 2.05) is 46.7 Å². The highest BCUT2D eigenvalue weighted by molar-refractivity contribution is 7.99. The smallest absolute Gasteiger partial charge is 0.238 e. The summed E-state index contributed by atoms with van der Waals surface area (Å²) in [4.78, 5) is 30.0. The summed E-state index contributed by atoms with van der Waals surface area (Å²) < 4.78 is 1.43. The molecule has 0 bridgehead atoms. The van der Waals surface area contributed by atoms with Crippen LogP contribution in [0.3, 0.4) is 0 Å². The molecule has 9 nitrogen and oxygen atoms in total. The van der Waals surface area contributed by atoms with Crippen molar-refractivity contribution >= 4 is 40.6 Å². The Morgan fingerprint density at radius 2 is 1.91 bits per heavy atom. The first-order valence-electron chi connectivity index (χ1n) is 10.8. The minimum absolute atomic E-state index is 0.0293. The van der Waals surface area contributed by atoms with Gasteiger partial charge in [-0.15, -0.1) is 21.5 Å². The van der Waals surface area contributed by atoms with Gasteiger partial charge in [-0.05, 0) is 29.5 Å². The van der Waals surface area contributed by atoms with Crippen LogP contribution >= 0.6 is 23.1 Å². The zero-order valence-electron chi connectivity index (χ0n) is 18.4. The molecule has 1 aliphatic rings. The molecule has 0 spiro atoms. The quantitative estimate of drug-likeness (QED) is 0.372. The van der Waals surface area contributed by atoms with Crippen molar-refractivity contribution in [2.75, 3.05) is 49.6 Å². The zero-order valence-corrected chi connectivity index (χ0v) is 20.1. The molecule has 0 aliphatic carbocycles. The van der Waals surface area contributed by atoms with Crippen LogP contribution in [0.5, 0.6) is 0 Å². The van der Waals surface area contributed by atoms with Crippen LogP contribution < -0.4 is 11.2 Å². The van der Waals surface area contributed by atoms with Crippen LogP contribution in [0.15, 0.2) is 46.9 Å². The van der Waals surface area contributed by atoms with Crippen molar-refractivity contribution in [3.63, 3.8) is 0 Å². The molecule has 174 valence electrons. The first-order chi connectivity index (χ1) is 16.0. The lowest BCUT2D eigenvalue weighted by atomic mass is 10.1. The number of nitrogens with one attached hydrogen (secondary N) is 1. The van der Waals surface area contributed by atoms with E-state index in [4.69, 9.17) is 5.84 Å². The van der Waals surface area contributed by atoms with Gasteiger partial charge in [0.2, 0.25) is 17.0 Å². The van der Waals surface area contributed by atoms with E-state index in [1.165, 1.54) is 27.8 Å². The first kappa shape index (κ1) is 23.3. The summed E-state index contributed by atoms with van der Waals surface area (Å²) in [6.07, 6.45) is 0.866. The minimum Gasteiger partial charge on any atom is -0.339 e. The molecule has 0 radical (unpaired) electrons. The molecule has 1 fully saturated rings. The van der Waals surface area contributed by atoms with E-state index in [2.05, 4.69) is 27.3 Å². The third kappa shape index (κ3) is 5.73. The van der Waals surface area contributed by atoms with Crippen molar-refractivity contribution in [1.82, 2.24) is 24.7 Å². The van der Waals surface area contributed by atoms with Crippen LogP contribution in [-0.4, -0.2) is 75.0 Å². The number of nitrogens with zero attached hydrogens (tertiary/aromatic N) is 5. The van der Waals surface area contributed by atoms with Gasteiger partial charge in [0.15, 0.2) is 5.82 Å². The number of carbonyl (C=O) groups is 2. The molecular weight excluding hydrogens is 458 g/mol. The molecular formula is C22H27N7O2S2. The van der Waals surface area contributed by atoms with Gasteiger partial charge in [0.25, 0.3) is 0 Å². The number of hydrogen-bond acceptors (Lipinski definition) is 8. The summed E-state index contributed by atoms with van der Waals surface area (Å²) in [5, 5.41) is 13.7. The highest BCUT2D eigenvalue weighted by Crippen LogP contribution is 2.25. The lowest BCUT2D eigenvalue weighted by Crippen LogP contribution is -2.50. The standard InChI is InChI=1S/C22H27N7O2S2/c1-2-16-6-3-4-7-17(16)24-19(30)14-27-9-11-28(12-10-27)20(31)15-33-22-26-25-21(29(22)23)18-8-5-13-32-18/h3-8,13H,2,9-12,14-15,23H2,1H3,(H,24,30). The van der Waals surface area contributed by atoms with E-state index < -0.39 is 0 Å². The Labute approximate surface area is 200 Å². The van der Waals surface area contributed by atoms with Gasteiger partial charge in [-0.1, -0.05) is 43.0 Å². The number of nitrogens with two attached hydrogens (primary N) is 1. The predicted octanol–water partition coefficient (Wildman–Crippen LogP) is 2.16. The Bertz CT molecular complexity index is 1090. The third-order valence-corrected chi connectivity index (χ3v) is 7.29. The molecule has 2 aromatic heterocycles. The molecule has 4 rings (SSSR count). The number of thiophene rings is 1. The van der Waals surface area contributed by atoms with Crippen LogP contribution in [0, 0.1) is 0 Å². The molecule has 33 heavy (non-hydrogen) atoms. The normalized spacial score (nSPS) is 14.4. The van der Waals surface area contributed by atoms with Gasteiger partial charge in [0.1, 0.15) is 0 Å². The third-order valence-electron chi connectivity index (χ3n) is 5.50. The van der Waals surface area contributed by atoms with Gasteiger partial charge in [-0.2, -0.15) is 0 Å². The highest BCUT2D eigenvalue weighted by atomic mass is 32.2. The molecule has 3 heterocycles. The van der Waals surface area contributed by atoms with Crippen molar-refractivity contribution in [3.8, 4) is 10.7 Å². The molecule has 2 amide bonds. The van der Waals surface area contributed by atoms with Crippen LogP contribution in [0.2, 0.25) is 0 Å². The van der Waals surface area contributed by atoms with Crippen molar-refractivity contribution in [3.05, 3.63) is 47.3 Å². The summed E-state index contributed by atoms with van der Waals surface area (Å²) >= 11 is 2.82. The first-order valence-corrected chi connectivity index (χ1v) is 12.7. The average Bonchev–Trinajstić information content (AvgIpc) is 3.48. The van der Waals surface area contributed by atoms with Gasteiger partial charge in [-0.3, -0.25) is 14.5 Å². The molecule has 0 unspecified atom stereocenters. The zero-order chi connectivity index (χ0) is 23.2. The number of aromatic nitrogens is 3. The summed E-state index contributed by atoms with van der Waals surface area (Å²) in [5.41, 5.74) is 1.99. The number of thioether (sulfide) groups is 1. The summed E-state index contributed by atoms with van der Waals surface area (Å²) in [6.45, 7) is 4.89. The van der Waals surface area contributed by atoms with Crippen molar-refractivity contribution in [2.24, 2.45) is 0 Å². The van der Waals surface area contributed by atoms with E-state index in [0.29, 0.717) is 43.7 Å². The van der Waals surface area contributed by atoms with Crippen LogP contribution in [-0.2, 0) is 16.0 Å². The summed E-state index contributed by atoms with van der Waals surface area (Å²) in [5.74, 6) is 6.94. The molecule has 0 saturated carbocycles. The number of amides is 2. The number of hydrogen-bond donors (Lipinski definition) is 2. The Kier molecular flexibility index (Phi) is 7.63. The fraction of sp³-hybridized carbons (Fsp3) is 0.364. The van der Waals surface area contributed by atoms with E-state index in [0.717, 1.165) is 22.5 Å². The van der Waals surface area contributed by atoms with Crippen LogP contribution in [0.1, 0.15) is 12.5 Å². The van der Waals surface area contributed by atoms with Crippen molar-refractivity contribution in [2.45, 2.75) is 18.5 Å². The number of rotatable bonds is 8. The number of aryl methyl sites for hydroxylation is 1. The monoisotopic (exact) mass is 485 g/mol. The van der Waals surface area contributed by atoms with Crippen molar-refractivity contribution in [1.29, 1.82) is 0 Å². The van der Waals surface area contributed by atoms with Crippen molar-refractivity contribution < 1.29 is 9.59 Å². The average molecular weight is 486 g/mol. The predicted molar refractivity (Wildman–Crippen MR) is 132 cm³/mol. The fourth-order valence-electron chi connectivity index (χ4n) is 3.67. The number of nitrogen functional groups attached to an aromatic ring is 1. The van der Waals surface area contributed by atoms with Crippen LogP contribution in [0.4, 0.5) is 5.69 Å². The molecule has 11 heteroatoms. The van der Waals surface area contributed by atoms with E-state index in [-0.39, 0.29) is 17.6 Å². The molecule has 0 atom stereocenters. The van der Waals surface area contributed by atoms with Gasteiger partial charge >= 0.3 is 0 Å². The van der Waals surface area contributed by atoms with E-state index in [9.17, 15) is 9.59 Å². The maximum Gasteiger partial charge on any atom is 0.238 e. The Morgan fingerprint density at radius 1 is 1.12 bits per heavy atom. The maximum atomic E-state index is 12.7. The number of piperazine rings is 1. The van der Waals surface area contributed by atoms with E-state index >= 15 is 0 Å². The molecule has 1 aromatic carbocycles. The second-order valence-corrected chi connectivity index (χ2v) is 9.55.